The number of para-hydroxylation sites is 1. The van der Waals surface area contributed by atoms with Gasteiger partial charge in [0, 0.05) is 52.6 Å². The fourth-order valence-electron chi connectivity index (χ4n) is 13.0. The number of nitrogens with one attached hydrogen (secondary N) is 2. The molecule has 0 radical (unpaired) electrons. The van der Waals surface area contributed by atoms with Crippen LogP contribution in [0.3, 0.4) is 0 Å². The number of guanidine groups is 2. The van der Waals surface area contributed by atoms with Crippen molar-refractivity contribution < 1.29 is 57.5 Å². The van der Waals surface area contributed by atoms with Gasteiger partial charge in [0.25, 0.3) is 11.8 Å². The minimum absolute atomic E-state index is 0.0187. The first-order valence-electron chi connectivity index (χ1n) is 27.9. The molecule has 11 rings (SSSR count). The second kappa shape index (κ2) is 20.1. The summed E-state index contributed by atoms with van der Waals surface area (Å²) in [6.45, 7) is 13.7. The summed E-state index contributed by atoms with van der Waals surface area (Å²) in [7, 11) is 0. The number of carbonyl (C=O) groups excluding carboxylic acids is 4. The van der Waals surface area contributed by atoms with Gasteiger partial charge >= 0.3 is 0 Å². The third kappa shape index (κ3) is 9.35. The molecule has 424 valence electrons. The van der Waals surface area contributed by atoms with Gasteiger partial charge in [-0.1, -0.05) is 45.9 Å². The Morgan fingerprint density at radius 1 is 0.662 bits per heavy atom. The summed E-state index contributed by atoms with van der Waals surface area (Å²) in [6.07, 6.45) is -0.107. The number of nitrogens with two attached hydrogens (primary N) is 2. The number of halogens is 1. The lowest BCUT2D eigenvalue weighted by atomic mass is 9.79. The highest BCUT2D eigenvalue weighted by Crippen LogP contribution is 2.50. The molecule has 0 aromatic heterocycles. The van der Waals surface area contributed by atoms with Crippen molar-refractivity contribution in [2.24, 2.45) is 21.5 Å². The standard InChI is InChI=1S/C60H71FN8O11/c1-8-58(9-2)28-46(70)68(54(62)66-58)40-25-35(77-42-19-16-32(22-37(40)42)53(75)65-49-39-24-34(61)18-21-45(39)78-56(5,6)50(49)72)26-57(7)51(73)48(36-14-12-13-15-43(36)79-57)64-52(74)33-17-20-44-38(23-33)41(27-60(80-44)30-76-31-60)69-47(71)29-59(10-3,11-4)67-55(69)63/h12-24,35,40-41,48-51,72-73H,8-11,25-31H2,1-7H3,(H2,62,66)(H2,63,67)(H,64,74)(H,65,75)/t35?,40-,41-,48-,49-,50+,51+,57?/m1/s1. The van der Waals surface area contributed by atoms with Gasteiger partial charge in [0.15, 0.2) is 17.5 Å². The van der Waals surface area contributed by atoms with E-state index in [1.807, 2.05) is 27.7 Å². The van der Waals surface area contributed by atoms with Gasteiger partial charge in [0.05, 0.1) is 61.3 Å². The predicted octanol–water partition coefficient (Wildman–Crippen LogP) is 6.90. The van der Waals surface area contributed by atoms with Crippen LogP contribution in [0.5, 0.6) is 23.0 Å². The lowest BCUT2D eigenvalue weighted by Gasteiger charge is -2.50. The third-order valence-corrected chi connectivity index (χ3v) is 18.1. The third-order valence-electron chi connectivity index (χ3n) is 18.1. The molecule has 7 aliphatic heterocycles. The molecule has 8 N–H and O–H groups in total. The molecule has 7 aliphatic rings. The Bertz CT molecular complexity index is 3230. The quantitative estimate of drug-likeness (QED) is 0.0845. The summed E-state index contributed by atoms with van der Waals surface area (Å²) in [6, 6.07) is 17.5. The van der Waals surface area contributed by atoms with E-state index in [0.29, 0.717) is 85.0 Å². The minimum atomic E-state index is -1.43. The van der Waals surface area contributed by atoms with E-state index in [1.54, 1.807) is 86.3 Å². The lowest BCUT2D eigenvalue weighted by Crippen LogP contribution is -2.61. The first-order valence-corrected chi connectivity index (χ1v) is 27.9. The fraction of sp³-hybridized carbons (Fsp3) is 0.500. The molecule has 8 atom stereocenters. The number of rotatable bonds is 12. The lowest BCUT2D eigenvalue weighted by molar-refractivity contribution is -0.180. The number of aliphatic imine (C=N–C) groups is 2. The predicted molar refractivity (Wildman–Crippen MR) is 293 cm³/mol. The van der Waals surface area contributed by atoms with Gasteiger partial charge in [-0.15, -0.1) is 0 Å². The number of carbonyl (C=O) groups is 4. The number of ether oxygens (including phenoxy) is 5. The highest BCUT2D eigenvalue weighted by molar-refractivity contribution is 6.01. The van der Waals surface area contributed by atoms with Gasteiger partial charge in [0.2, 0.25) is 11.8 Å². The van der Waals surface area contributed by atoms with Gasteiger partial charge in [0.1, 0.15) is 58.3 Å². The average Bonchev–Trinajstić information content (AvgIpc) is 3.50. The summed E-state index contributed by atoms with van der Waals surface area (Å²) in [5.74, 6) is -0.353. The van der Waals surface area contributed by atoms with Crippen LogP contribution in [-0.2, 0) is 14.3 Å². The molecule has 0 aliphatic carbocycles. The van der Waals surface area contributed by atoms with Crippen LogP contribution < -0.4 is 41.0 Å². The van der Waals surface area contributed by atoms with Crippen LogP contribution in [0.1, 0.15) is 173 Å². The molecule has 1 spiro atoms. The van der Waals surface area contributed by atoms with Crippen LogP contribution in [0.4, 0.5) is 4.39 Å². The number of hydrogen-bond acceptors (Lipinski definition) is 15. The second-order valence-corrected chi connectivity index (χ2v) is 23.5. The monoisotopic (exact) mass is 1100 g/mol. The molecule has 1 saturated heterocycles. The Balaban J connectivity index is 0.889. The number of amides is 4. The van der Waals surface area contributed by atoms with Crippen LogP contribution in [-0.4, -0.2) is 115 Å². The van der Waals surface area contributed by atoms with E-state index in [9.17, 15) is 33.8 Å². The van der Waals surface area contributed by atoms with Crippen molar-refractivity contribution in [3.05, 3.63) is 118 Å². The molecule has 0 saturated carbocycles. The molecule has 4 aromatic carbocycles. The molecule has 20 heteroatoms. The van der Waals surface area contributed by atoms with Crippen LogP contribution in [0.25, 0.3) is 0 Å². The van der Waals surface area contributed by atoms with E-state index in [1.165, 1.54) is 23.1 Å². The summed E-state index contributed by atoms with van der Waals surface area (Å²) in [5, 5.41) is 30.2. The Labute approximate surface area is 464 Å². The number of hydrogen-bond donors (Lipinski definition) is 6. The van der Waals surface area contributed by atoms with Crippen molar-refractivity contribution >= 4 is 35.5 Å². The highest BCUT2D eigenvalue weighted by atomic mass is 19.1. The summed E-state index contributed by atoms with van der Waals surface area (Å²) >= 11 is 0. The van der Waals surface area contributed by atoms with E-state index in [4.69, 9.17) is 45.1 Å². The maximum atomic E-state index is 14.7. The molecular weight excluding hydrogens is 1030 g/mol. The molecule has 19 nitrogen and oxygen atoms in total. The smallest absolute Gasteiger partial charge is 0.251 e. The Morgan fingerprint density at radius 3 is 1.76 bits per heavy atom. The largest absolute Gasteiger partial charge is 0.490 e. The first-order chi connectivity index (χ1) is 38.1. The molecule has 80 heavy (non-hydrogen) atoms. The molecule has 4 amide bonds. The van der Waals surface area contributed by atoms with Crippen LogP contribution in [0.15, 0.2) is 88.8 Å². The number of fused-ring (bicyclic) bond motifs is 4. The van der Waals surface area contributed by atoms with E-state index in [-0.39, 0.29) is 66.1 Å². The molecule has 7 heterocycles. The van der Waals surface area contributed by atoms with E-state index in [2.05, 4.69) is 10.6 Å². The summed E-state index contributed by atoms with van der Waals surface area (Å²) in [4.78, 5) is 70.5. The van der Waals surface area contributed by atoms with E-state index < -0.39 is 88.0 Å². The zero-order chi connectivity index (χ0) is 56.8. The molecule has 2 unspecified atom stereocenters. The molecule has 4 aromatic rings. The summed E-state index contributed by atoms with van der Waals surface area (Å²) < 4.78 is 46.3. The number of aliphatic hydroxyl groups is 2. The zero-order valence-corrected chi connectivity index (χ0v) is 46.2. The van der Waals surface area contributed by atoms with E-state index in [0.717, 1.165) is 0 Å². The average molecular weight is 1100 g/mol. The normalized spacial score (nSPS) is 28.4. The maximum absolute atomic E-state index is 14.7. The van der Waals surface area contributed by atoms with Crippen molar-refractivity contribution in [1.29, 1.82) is 0 Å². The van der Waals surface area contributed by atoms with Crippen molar-refractivity contribution in [3.63, 3.8) is 0 Å². The highest BCUT2D eigenvalue weighted by Gasteiger charge is 2.54. The SMILES string of the molecule is CCC1(CC)CC(=O)N([C@@H]2CC(CC3(C)Oc4ccccc4[C@@H](NC(=O)c4ccc5c(c4)[C@H](N4C(=O)CC(CC)(CC)N=C4N)CC4(COC4)O5)[C@@H]3O)Oc3ccc(C(=O)N[C@@H]4c5cc(F)ccc5OC(C)(C)[C@H]4O)cc32)C(N)=N1. The second-order valence-electron chi connectivity index (χ2n) is 23.5. The van der Waals surface area contributed by atoms with Gasteiger partial charge in [-0.2, -0.15) is 0 Å². The zero-order valence-electron chi connectivity index (χ0n) is 46.2. The van der Waals surface area contributed by atoms with Gasteiger partial charge in [-0.25, -0.2) is 14.4 Å². The van der Waals surface area contributed by atoms with E-state index >= 15 is 0 Å². The number of nitrogens with zero attached hydrogens (tertiary/aromatic N) is 4. The first kappa shape index (κ1) is 54.7. The van der Waals surface area contributed by atoms with Crippen molar-refractivity contribution in [2.75, 3.05) is 13.2 Å². The molecule has 1 fully saturated rings. The van der Waals surface area contributed by atoms with Gasteiger partial charge < -0.3 is 56.0 Å². The van der Waals surface area contributed by atoms with Crippen LogP contribution in [0, 0.1) is 5.82 Å². The fourth-order valence-corrected chi connectivity index (χ4v) is 13.0. The van der Waals surface area contributed by atoms with Crippen LogP contribution >= 0.6 is 0 Å². The van der Waals surface area contributed by atoms with Gasteiger partial charge in [-0.3, -0.25) is 29.0 Å². The molecule has 0 bridgehead atoms. The Morgan fingerprint density at radius 2 is 1.19 bits per heavy atom. The Kier molecular flexibility index (Phi) is 13.7. The molecular formula is C60H71FN8O11. The number of aliphatic hydroxyl groups excluding tert-OH is 2. The Hall–Kier alpha value is -7.29. The van der Waals surface area contributed by atoms with Gasteiger partial charge in [-0.05, 0) is 107 Å². The summed E-state index contributed by atoms with van der Waals surface area (Å²) in [5.41, 5.74) is 11.2. The topological polar surface area (TPSA) is 262 Å². The minimum Gasteiger partial charge on any atom is -0.490 e. The van der Waals surface area contributed by atoms with Crippen molar-refractivity contribution in [1.82, 2.24) is 20.4 Å². The van der Waals surface area contributed by atoms with Crippen molar-refractivity contribution in [2.45, 2.75) is 177 Å². The van der Waals surface area contributed by atoms with Crippen molar-refractivity contribution in [3.8, 4) is 23.0 Å². The number of benzene rings is 4. The maximum Gasteiger partial charge on any atom is 0.251 e. The van der Waals surface area contributed by atoms with Crippen LogP contribution in [0.2, 0.25) is 0 Å².